The lowest BCUT2D eigenvalue weighted by atomic mass is 10.1. The van der Waals surface area contributed by atoms with Gasteiger partial charge in [-0.05, 0) is 30.7 Å². The highest BCUT2D eigenvalue weighted by Crippen LogP contribution is 2.21. The van der Waals surface area contributed by atoms with Crippen LogP contribution in [0.1, 0.15) is 12.5 Å². The zero-order chi connectivity index (χ0) is 13.2. The maximum atomic E-state index is 13.7. The van der Waals surface area contributed by atoms with Gasteiger partial charge in [-0.3, -0.25) is 9.88 Å². The van der Waals surface area contributed by atoms with Crippen LogP contribution < -0.4 is 5.32 Å². The summed E-state index contributed by atoms with van der Waals surface area (Å²) in [4.78, 5) is 6.78. The number of fused-ring (bicyclic) bond motifs is 1. The fraction of sp³-hybridized carbons (Fsp3) is 0.400. The largest absolute Gasteiger partial charge is 0.314 e. The van der Waals surface area contributed by atoms with Gasteiger partial charge < -0.3 is 5.32 Å². The maximum absolute atomic E-state index is 13.7. The predicted octanol–water partition coefficient (Wildman–Crippen LogP) is 2.17. The van der Waals surface area contributed by atoms with Gasteiger partial charge in [0.05, 0.1) is 5.52 Å². The number of pyridine rings is 1. The first-order valence-corrected chi connectivity index (χ1v) is 6.72. The van der Waals surface area contributed by atoms with Crippen LogP contribution in [0.3, 0.4) is 0 Å². The van der Waals surface area contributed by atoms with Crippen LogP contribution in [0.4, 0.5) is 4.39 Å². The van der Waals surface area contributed by atoms with Crippen molar-refractivity contribution in [1.82, 2.24) is 15.2 Å². The van der Waals surface area contributed by atoms with Crippen LogP contribution in [0.15, 0.2) is 30.5 Å². The third-order valence-corrected chi connectivity index (χ3v) is 3.76. The number of rotatable bonds is 2. The minimum absolute atomic E-state index is 0.182. The van der Waals surface area contributed by atoms with Gasteiger partial charge in [0.2, 0.25) is 0 Å². The summed E-state index contributed by atoms with van der Waals surface area (Å²) >= 11 is 0. The third-order valence-electron chi connectivity index (χ3n) is 3.76. The third kappa shape index (κ3) is 2.60. The van der Waals surface area contributed by atoms with E-state index in [1.165, 1.54) is 0 Å². The Labute approximate surface area is 112 Å². The molecular weight excluding hydrogens is 241 g/mol. The van der Waals surface area contributed by atoms with Crippen LogP contribution >= 0.6 is 0 Å². The molecule has 0 unspecified atom stereocenters. The summed E-state index contributed by atoms with van der Waals surface area (Å²) in [6.45, 7) is 5.92. The lowest BCUT2D eigenvalue weighted by Gasteiger charge is -2.34. The molecule has 0 saturated carbocycles. The van der Waals surface area contributed by atoms with Crippen molar-refractivity contribution in [3.63, 3.8) is 0 Å². The van der Waals surface area contributed by atoms with E-state index in [-0.39, 0.29) is 5.82 Å². The van der Waals surface area contributed by atoms with Gasteiger partial charge in [0.1, 0.15) is 5.82 Å². The number of halogens is 1. The molecule has 0 bridgehead atoms. The SMILES string of the molecule is C[C@@H]1CNCCN1Cc1cc(F)cc2cccnc12. The van der Waals surface area contributed by atoms with Crippen LogP contribution in [-0.4, -0.2) is 35.6 Å². The van der Waals surface area contributed by atoms with Gasteiger partial charge in [-0.1, -0.05) is 6.07 Å². The van der Waals surface area contributed by atoms with Crippen molar-refractivity contribution >= 4 is 10.9 Å². The zero-order valence-electron chi connectivity index (χ0n) is 11.1. The van der Waals surface area contributed by atoms with Crippen LogP contribution in [0.25, 0.3) is 10.9 Å². The minimum Gasteiger partial charge on any atom is -0.314 e. The molecule has 3 rings (SSSR count). The van der Waals surface area contributed by atoms with Crippen molar-refractivity contribution in [2.24, 2.45) is 0 Å². The molecule has 1 aromatic carbocycles. The van der Waals surface area contributed by atoms with Gasteiger partial charge in [-0.15, -0.1) is 0 Å². The number of nitrogens with one attached hydrogen (secondary N) is 1. The first-order chi connectivity index (χ1) is 9.24. The Hall–Kier alpha value is -1.52. The van der Waals surface area contributed by atoms with Crippen molar-refractivity contribution in [3.05, 3.63) is 41.8 Å². The van der Waals surface area contributed by atoms with E-state index in [1.807, 2.05) is 12.1 Å². The molecule has 0 aliphatic carbocycles. The van der Waals surface area contributed by atoms with E-state index >= 15 is 0 Å². The zero-order valence-corrected chi connectivity index (χ0v) is 11.1. The molecule has 0 radical (unpaired) electrons. The quantitative estimate of drug-likeness (QED) is 0.896. The fourth-order valence-electron chi connectivity index (χ4n) is 2.68. The molecule has 3 nitrogen and oxygen atoms in total. The average Bonchev–Trinajstić information content (AvgIpc) is 2.41. The molecule has 4 heteroatoms. The first-order valence-electron chi connectivity index (χ1n) is 6.72. The molecule has 1 aromatic heterocycles. The molecule has 2 aromatic rings. The summed E-state index contributed by atoms with van der Waals surface area (Å²) in [5.74, 6) is -0.182. The Morgan fingerprint density at radius 3 is 3.21 bits per heavy atom. The number of aromatic nitrogens is 1. The molecule has 2 heterocycles. The lowest BCUT2D eigenvalue weighted by Crippen LogP contribution is -2.49. The highest BCUT2D eigenvalue weighted by Gasteiger charge is 2.19. The second-order valence-corrected chi connectivity index (χ2v) is 5.16. The molecule has 1 N–H and O–H groups in total. The lowest BCUT2D eigenvalue weighted by molar-refractivity contribution is 0.166. The van der Waals surface area contributed by atoms with E-state index in [0.29, 0.717) is 6.04 Å². The Kier molecular flexibility index (Phi) is 3.44. The van der Waals surface area contributed by atoms with Gasteiger partial charge in [0.25, 0.3) is 0 Å². The molecule has 1 aliphatic rings. The summed E-state index contributed by atoms with van der Waals surface area (Å²) in [6, 6.07) is 7.39. The van der Waals surface area contributed by atoms with Crippen molar-refractivity contribution in [2.75, 3.05) is 19.6 Å². The summed E-state index contributed by atoms with van der Waals surface area (Å²) in [5, 5.41) is 4.24. The van der Waals surface area contributed by atoms with Crippen LogP contribution in [0, 0.1) is 5.82 Å². The smallest absolute Gasteiger partial charge is 0.124 e. The van der Waals surface area contributed by atoms with E-state index in [4.69, 9.17) is 0 Å². The summed E-state index contributed by atoms with van der Waals surface area (Å²) in [7, 11) is 0. The molecule has 0 amide bonds. The Morgan fingerprint density at radius 1 is 1.47 bits per heavy atom. The second-order valence-electron chi connectivity index (χ2n) is 5.16. The van der Waals surface area contributed by atoms with Crippen molar-refractivity contribution in [3.8, 4) is 0 Å². The fourth-order valence-corrected chi connectivity index (χ4v) is 2.68. The number of benzene rings is 1. The molecular formula is C15H18FN3. The Morgan fingerprint density at radius 2 is 2.37 bits per heavy atom. The van der Waals surface area contributed by atoms with Crippen molar-refractivity contribution < 1.29 is 4.39 Å². The van der Waals surface area contributed by atoms with E-state index in [1.54, 1.807) is 18.3 Å². The second kappa shape index (κ2) is 5.23. The summed E-state index contributed by atoms with van der Waals surface area (Å²) in [5.41, 5.74) is 1.89. The summed E-state index contributed by atoms with van der Waals surface area (Å²) in [6.07, 6.45) is 1.77. The maximum Gasteiger partial charge on any atom is 0.124 e. The molecule has 0 spiro atoms. The number of hydrogen-bond donors (Lipinski definition) is 1. The van der Waals surface area contributed by atoms with Gasteiger partial charge in [-0.25, -0.2) is 4.39 Å². The average molecular weight is 259 g/mol. The van der Waals surface area contributed by atoms with Crippen molar-refractivity contribution in [2.45, 2.75) is 19.5 Å². The Balaban J connectivity index is 1.95. The van der Waals surface area contributed by atoms with Crippen molar-refractivity contribution in [1.29, 1.82) is 0 Å². The highest BCUT2D eigenvalue weighted by atomic mass is 19.1. The molecule has 100 valence electrons. The van der Waals surface area contributed by atoms with Crippen LogP contribution in [0.5, 0.6) is 0 Å². The summed E-state index contributed by atoms with van der Waals surface area (Å²) < 4.78 is 13.7. The van der Waals surface area contributed by atoms with Gasteiger partial charge >= 0.3 is 0 Å². The molecule has 1 fully saturated rings. The standard InChI is InChI=1S/C15H18FN3/c1-11-9-17-5-6-19(11)10-13-8-14(16)7-12-3-2-4-18-15(12)13/h2-4,7-8,11,17H,5-6,9-10H2,1H3/t11-/m1/s1. The number of nitrogens with zero attached hydrogens (tertiary/aromatic N) is 2. The highest BCUT2D eigenvalue weighted by molar-refractivity contribution is 5.81. The van der Waals surface area contributed by atoms with E-state index < -0.39 is 0 Å². The normalized spacial score (nSPS) is 20.8. The van der Waals surface area contributed by atoms with E-state index in [0.717, 1.165) is 42.6 Å². The molecule has 1 aliphatic heterocycles. The predicted molar refractivity (Wildman–Crippen MR) is 74.4 cm³/mol. The molecule has 1 atom stereocenters. The van der Waals surface area contributed by atoms with E-state index in [2.05, 4.69) is 22.1 Å². The van der Waals surface area contributed by atoms with Crippen LogP contribution in [0.2, 0.25) is 0 Å². The Bertz CT molecular complexity index is 585. The van der Waals surface area contributed by atoms with Gasteiger partial charge in [-0.2, -0.15) is 0 Å². The molecule has 19 heavy (non-hydrogen) atoms. The van der Waals surface area contributed by atoms with Gasteiger partial charge in [0, 0.05) is 43.8 Å². The van der Waals surface area contributed by atoms with E-state index in [9.17, 15) is 4.39 Å². The first kappa shape index (κ1) is 12.5. The number of piperazine rings is 1. The monoisotopic (exact) mass is 259 g/mol. The van der Waals surface area contributed by atoms with Gasteiger partial charge in [0.15, 0.2) is 0 Å². The topological polar surface area (TPSA) is 28.2 Å². The van der Waals surface area contributed by atoms with Crippen LogP contribution in [-0.2, 0) is 6.54 Å². The molecule has 1 saturated heterocycles. The number of hydrogen-bond acceptors (Lipinski definition) is 3. The minimum atomic E-state index is -0.182.